The highest BCUT2D eigenvalue weighted by Crippen LogP contribution is 2.37. The molecule has 0 aliphatic heterocycles. The molecule has 2 aromatic carbocycles. The van der Waals surface area contributed by atoms with Crippen LogP contribution < -0.4 is 23.5 Å². The van der Waals surface area contributed by atoms with Crippen molar-refractivity contribution < 1.29 is 28.6 Å². The Morgan fingerprint density at radius 2 is 1.37 bits per heavy atom. The first kappa shape index (κ1) is 18.8. The smallest absolute Gasteiger partial charge is 0.222 e. The van der Waals surface area contributed by atoms with Gasteiger partial charge in [-0.2, -0.15) is 0 Å². The van der Waals surface area contributed by atoms with E-state index in [4.69, 9.17) is 18.9 Å². The first-order valence-electron chi connectivity index (χ1n) is 8.48. The van der Waals surface area contributed by atoms with Crippen LogP contribution in [0.3, 0.4) is 0 Å². The zero-order chi connectivity index (χ0) is 19.6. The fourth-order valence-electron chi connectivity index (χ4n) is 3.24. The number of hydrogen-bond donors (Lipinski definition) is 1. The SMILES string of the molecule is COc1ccc([C@H](O)c2c3cc(OC)c(OC)cc3cc[n+]2C)cc1OC. The normalized spacial score (nSPS) is 11.9. The van der Waals surface area contributed by atoms with Crippen LogP contribution >= 0.6 is 0 Å². The van der Waals surface area contributed by atoms with Crippen LogP contribution in [0, 0.1) is 0 Å². The number of nitrogens with zero attached hydrogens (tertiary/aromatic N) is 1. The standard InChI is InChI=1S/C21H24NO5/c1-22-9-8-13-10-18(26-4)19(27-5)12-15(13)20(22)21(23)14-6-7-16(24-2)17(11-14)25-3/h6-12,21,23H,1-5H3/q+1/t21-/m0/s1. The number of methoxy groups -OCH3 is 4. The lowest BCUT2D eigenvalue weighted by atomic mass is 9.99. The molecule has 142 valence electrons. The van der Waals surface area contributed by atoms with Crippen LogP contribution in [0.25, 0.3) is 10.8 Å². The molecule has 0 saturated carbocycles. The molecular weight excluding hydrogens is 346 g/mol. The number of aliphatic hydroxyl groups is 1. The summed E-state index contributed by atoms with van der Waals surface area (Å²) >= 11 is 0. The highest BCUT2D eigenvalue weighted by atomic mass is 16.5. The van der Waals surface area contributed by atoms with Crippen LogP contribution in [0.4, 0.5) is 0 Å². The van der Waals surface area contributed by atoms with Gasteiger partial charge in [-0.1, -0.05) is 6.07 Å². The van der Waals surface area contributed by atoms with Gasteiger partial charge in [-0.3, -0.25) is 0 Å². The number of aliphatic hydroxyl groups excluding tert-OH is 1. The number of pyridine rings is 1. The van der Waals surface area contributed by atoms with Gasteiger partial charge in [-0.25, -0.2) is 4.57 Å². The third-order valence-electron chi connectivity index (χ3n) is 4.67. The van der Waals surface area contributed by atoms with Crippen molar-refractivity contribution >= 4 is 10.8 Å². The Balaban J connectivity index is 2.19. The second-order valence-electron chi connectivity index (χ2n) is 6.12. The molecule has 0 fully saturated rings. The van der Waals surface area contributed by atoms with E-state index >= 15 is 0 Å². The number of hydrogen-bond acceptors (Lipinski definition) is 5. The predicted octanol–water partition coefficient (Wildman–Crippen LogP) is 2.78. The lowest BCUT2D eigenvalue weighted by molar-refractivity contribution is -0.680. The molecule has 1 N–H and O–H groups in total. The Morgan fingerprint density at radius 3 is 2.00 bits per heavy atom. The van der Waals surface area contributed by atoms with Crippen LogP contribution in [0.2, 0.25) is 0 Å². The maximum absolute atomic E-state index is 11.2. The summed E-state index contributed by atoms with van der Waals surface area (Å²) in [6.45, 7) is 0. The molecule has 1 heterocycles. The van der Waals surface area contributed by atoms with Crippen molar-refractivity contribution in [3.63, 3.8) is 0 Å². The molecule has 0 saturated heterocycles. The minimum absolute atomic E-state index is 0.566. The van der Waals surface area contributed by atoms with Gasteiger partial charge in [0.15, 0.2) is 35.3 Å². The zero-order valence-corrected chi connectivity index (χ0v) is 16.1. The largest absolute Gasteiger partial charge is 0.493 e. The minimum atomic E-state index is -0.864. The first-order chi connectivity index (χ1) is 13.0. The average molecular weight is 370 g/mol. The fraction of sp³-hybridized carbons (Fsp3) is 0.286. The molecule has 0 unspecified atom stereocenters. The van der Waals surface area contributed by atoms with Crippen LogP contribution in [-0.2, 0) is 7.05 Å². The van der Waals surface area contributed by atoms with Gasteiger partial charge >= 0.3 is 0 Å². The third kappa shape index (κ3) is 3.36. The first-order valence-corrected chi connectivity index (χ1v) is 8.48. The summed E-state index contributed by atoms with van der Waals surface area (Å²) in [6.07, 6.45) is 1.05. The van der Waals surface area contributed by atoms with Gasteiger partial charge in [0.1, 0.15) is 7.05 Å². The summed E-state index contributed by atoms with van der Waals surface area (Å²) in [4.78, 5) is 0. The van der Waals surface area contributed by atoms with Gasteiger partial charge in [-0.05, 0) is 35.2 Å². The summed E-state index contributed by atoms with van der Waals surface area (Å²) in [5.74, 6) is 2.43. The van der Waals surface area contributed by atoms with Crippen molar-refractivity contribution in [3.8, 4) is 23.0 Å². The van der Waals surface area contributed by atoms with Gasteiger partial charge in [-0.15, -0.1) is 0 Å². The lowest BCUT2D eigenvalue weighted by Gasteiger charge is -2.15. The number of aromatic nitrogens is 1. The Labute approximate surface area is 158 Å². The van der Waals surface area contributed by atoms with Crippen LogP contribution in [0.5, 0.6) is 23.0 Å². The molecule has 3 aromatic rings. The average Bonchev–Trinajstić information content (AvgIpc) is 2.71. The molecule has 1 atom stereocenters. The van der Waals surface area contributed by atoms with Crippen LogP contribution in [0.15, 0.2) is 42.6 Å². The minimum Gasteiger partial charge on any atom is -0.493 e. The Kier molecular flexibility index (Phi) is 5.37. The zero-order valence-electron chi connectivity index (χ0n) is 16.1. The van der Waals surface area contributed by atoms with Gasteiger partial charge in [0.25, 0.3) is 0 Å². The molecule has 0 amide bonds. The Hall–Kier alpha value is -2.99. The van der Waals surface area contributed by atoms with Gasteiger partial charge in [0.05, 0.1) is 33.8 Å². The molecule has 3 rings (SSSR count). The van der Waals surface area contributed by atoms with E-state index in [9.17, 15) is 5.11 Å². The summed E-state index contributed by atoms with van der Waals surface area (Å²) in [5, 5.41) is 13.0. The van der Waals surface area contributed by atoms with E-state index in [0.717, 1.165) is 16.5 Å². The van der Waals surface area contributed by atoms with Crippen molar-refractivity contribution in [2.24, 2.45) is 7.05 Å². The van der Waals surface area contributed by atoms with Crippen molar-refractivity contribution in [1.29, 1.82) is 0 Å². The van der Waals surface area contributed by atoms with E-state index in [0.29, 0.717) is 28.6 Å². The van der Waals surface area contributed by atoms with E-state index < -0.39 is 6.10 Å². The fourth-order valence-corrected chi connectivity index (χ4v) is 3.24. The number of benzene rings is 2. The Bertz CT molecular complexity index is 970. The topological polar surface area (TPSA) is 61.0 Å². The quantitative estimate of drug-likeness (QED) is 0.676. The van der Waals surface area contributed by atoms with Gasteiger partial charge in [0.2, 0.25) is 5.69 Å². The number of fused-ring (bicyclic) bond motifs is 1. The summed E-state index contributed by atoms with van der Waals surface area (Å²) in [5.41, 5.74) is 1.44. The molecule has 0 aliphatic carbocycles. The van der Waals surface area contributed by atoms with Crippen molar-refractivity contribution in [3.05, 3.63) is 53.9 Å². The lowest BCUT2D eigenvalue weighted by Crippen LogP contribution is -2.35. The maximum Gasteiger partial charge on any atom is 0.222 e. The molecule has 27 heavy (non-hydrogen) atoms. The third-order valence-corrected chi connectivity index (χ3v) is 4.67. The molecule has 0 spiro atoms. The molecule has 6 heteroatoms. The van der Waals surface area contributed by atoms with Crippen LogP contribution in [-0.4, -0.2) is 33.5 Å². The summed E-state index contributed by atoms with van der Waals surface area (Å²) in [7, 11) is 8.25. The van der Waals surface area contributed by atoms with Crippen molar-refractivity contribution in [1.82, 2.24) is 0 Å². The van der Waals surface area contributed by atoms with E-state index in [-0.39, 0.29) is 0 Å². The number of aryl methyl sites for hydroxylation is 1. The van der Waals surface area contributed by atoms with E-state index in [1.807, 2.05) is 42.1 Å². The number of rotatable bonds is 6. The molecular formula is C21H24NO5+. The molecule has 0 radical (unpaired) electrons. The molecule has 0 bridgehead atoms. The van der Waals surface area contributed by atoms with Crippen molar-refractivity contribution in [2.75, 3.05) is 28.4 Å². The highest BCUT2D eigenvalue weighted by molar-refractivity contribution is 5.87. The molecule has 6 nitrogen and oxygen atoms in total. The van der Waals surface area contributed by atoms with Gasteiger partial charge < -0.3 is 24.1 Å². The molecule has 0 aliphatic rings. The summed E-state index contributed by atoms with van der Waals surface area (Å²) in [6, 6.07) is 11.1. The maximum atomic E-state index is 11.2. The monoisotopic (exact) mass is 370 g/mol. The van der Waals surface area contributed by atoms with Gasteiger partial charge in [0, 0.05) is 6.07 Å². The highest BCUT2D eigenvalue weighted by Gasteiger charge is 2.25. The van der Waals surface area contributed by atoms with E-state index in [1.165, 1.54) is 0 Å². The summed E-state index contributed by atoms with van der Waals surface area (Å²) < 4.78 is 23.4. The van der Waals surface area contributed by atoms with Crippen molar-refractivity contribution in [2.45, 2.75) is 6.10 Å². The second kappa shape index (κ2) is 7.72. The van der Waals surface area contributed by atoms with E-state index in [1.54, 1.807) is 40.6 Å². The second-order valence-corrected chi connectivity index (χ2v) is 6.12. The van der Waals surface area contributed by atoms with Crippen LogP contribution in [0.1, 0.15) is 17.4 Å². The number of ether oxygens (including phenoxy) is 4. The van der Waals surface area contributed by atoms with E-state index in [2.05, 4.69) is 0 Å². The molecule has 1 aromatic heterocycles. The Morgan fingerprint density at radius 1 is 0.778 bits per heavy atom. The predicted molar refractivity (Wildman–Crippen MR) is 102 cm³/mol.